The lowest BCUT2D eigenvalue weighted by Crippen LogP contribution is -2.26. The van der Waals surface area contributed by atoms with Crippen LogP contribution in [-0.4, -0.2) is 32.3 Å². The van der Waals surface area contributed by atoms with Crippen LogP contribution >= 0.6 is 22.6 Å². The smallest absolute Gasteiger partial charge is 0.312 e. The number of benzene rings is 1. The van der Waals surface area contributed by atoms with Gasteiger partial charge in [0.15, 0.2) is 0 Å². The zero-order chi connectivity index (χ0) is 13.8. The van der Waals surface area contributed by atoms with Crippen molar-refractivity contribution in [1.29, 1.82) is 0 Å². The number of sulfonamides is 1. The van der Waals surface area contributed by atoms with E-state index in [1.165, 1.54) is 6.07 Å². The predicted molar refractivity (Wildman–Crippen MR) is 73.9 cm³/mol. The molecule has 1 rings (SSSR count). The Hall–Kier alpha value is -0.870. The number of aromatic hydroxyl groups is 1. The minimum Gasteiger partial charge on any atom is -0.507 e. The average Bonchev–Trinajstić information content (AvgIpc) is 2.23. The van der Waals surface area contributed by atoms with Gasteiger partial charge in [0.2, 0.25) is 10.0 Å². The molecule has 8 heteroatoms. The topological polar surface area (TPSA) is 92.7 Å². The first-order valence-electron chi connectivity index (χ1n) is 4.92. The highest BCUT2D eigenvalue weighted by Gasteiger charge is 2.11. The van der Waals surface area contributed by atoms with Crippen LogP contribution in [0.15, 0.2) is 18.2 Å². The van der Waals surface area contributed by atoms with Gasteiger partial charge in [-0.3, -0.25) is 4.79 Å². The molecule has 2 N–H and O–H groups in total. The number of rotatable bonds is 5. The summed E-state index contributed by atoms with van der Waals surface area (Å²) < 4.78 is 29.2. The molecular formula is C10H12INO5S. The number of esters is 1. The molecule has 0 aliphatic rings. The molecule has 0 aromatic heterocycles. The Balaban J connectivity index is 2.53. The van der Waals surface area contributed by atoms with Gasteiger partial charge >= 0.3 is 5.97 Å². The summed E-state index contributed by atoms with van der Waals surface area (Å²) in [6.45, 7) is -0.0208. The fourth-order valence-electron chi connectivity index (χ4n) is 1.09. The largest absolute Gasteiger partial charge is 0.507 e. The molecule has 18 heavy (non-hydrogen) atoms. The summed E-state index contributed by atoms with van der Waals surface area (Å²) in [6, 6.07) is 4.57. The zero-order valence-corrected chi connectivity index (χ0v) is 12.5. The summed E-state index contributed by atoms with van der Waals surface area (Å²) in [4.78, 5) is 11.4. The molecule has 1 aromatic rings. The first-order valence-corrected chi connectivity index (χ1v) is 7.89. The second-order valence-corrected chi connectivity index (χ2v) is 6.39. The lowest BCUT2D eigenvalue weighted by atomic mass is 10.3. The first kappa shape index (κ1) is 15.2. The number of carbonyl (C=O) groups excluding carboxylic acids is 1. The molecule has 0 saturated heterocycles. The SMILES string of the molecule is CS(=O)(=O)NCCC(=O)Oc1cccc(O)c1I. The van der Waals surface area contributed by atoms with Crippen LogP contribution in [0.2, 0.25) is 0 Å². The Morgan fingerprint density at radius 2 is 2.17 bits per heavy atom. The van der Waals surface area contributed by atoms with Gasteiger partial charge in [0.05, 0.1) is 16.2 Å². The van der Waals surface area contributed by atoms with Crippen molar-refractivity contribution in [3.63, 3.8) is 0 Å². The Bertz CT molecular complexity index is 543. The molecule has 0 atom stereocenters. The lowest BCUT2D eigenvalue weighted by Gasteiger charge is -2.07. The van der Waals surface area contributed by atoms with E-state index in [4.69, 9.17) is 4.74 Å². The van der Waals surface area contributed by atoms with Crippen LogP contribution in [0.4, 0.5) is 0 Å². The summed E-state index contributed by atoms with van der Waals surface area (Å²) in [7, 11) is -3.31. The number of nitrogens with one attached hydrogen (secondary N) is 1. The van der Waals surface area contributed by atoms with Gasteiger partial charge in [-0.15, -0.1) is 0 Å². The molecule has 0 fully saturated rings. The molecule has 1 aromatic carbocycles. The molecule has 0 heterocycles. The van der Waals surface area contributed by atoms with E-state index in [2.05, 4.69) is 4.72 Å². The highest BCUT2D eigenvalue weighted by atomic mass is 127. The number of ether oxygens (including phenoxy) is 1. The van der Waals surface area contributed by atoms with E-state index in [-0.39, 0.29) is 24.5 Å². The Morgan fingerprint density at radius 3 is 2.78 bits per heavy atom. The van der Waals surface area contributed by atoms with Crippen LogP contribution < -0.4 is 9.46 Å². The van der Waals surface area contributed by atoms with E-state index in [1.807, 2.05) is 22.6 Å². The lowest BCUT2D eigenvalue weighted by molar-refractivity contribution is -0.134. The summed E-state index contributed by atoms with van der Waals surface area (Å²) in [5, 5.41) is 9.41. The van der Waals surface area contributed by atoms with Crippen molar-refractivity contribution in [3.05, 3.63) is 21.8 Å². The quantitative estimate of drug-likeness (QED) is 0.445. The number of hydrogen-bond acceptors (Lipinski definition) is 5. The maximum absolute atomic E-state index is 11.4. The van der Waals surface area contributed by atoms with Crippen LogP contribution in [0.1, 0.15) is 6.42 Å². The molecule has 6 nitrogen and oxygen atoms in total. The fourth-order valence-corrected chi connectivity index (χ4v) is 2.03. The van der Waals surface area contributed by atoms with Crippen LogP contribution in [0.3, 0.4) is 0 Å². The van der Waals surface area contributed by atoms with Gasteiger partial charge < -0.3 is 9.84 Å². The van der Waals surface area contributed by atoms with E-state index in [9.17, 15) is 18.3 Å². The maximum atomic E-state index is 11.4. The molecule has 0 aliphatic heterocycles. The Labute approximate surface area is 119 Å². The standard InChI is InChI=1S/C10H12INO5S/c1-18(15,16)12-6-5-9(14)17-8-4-2-3-7(13)10(8)11/h2-4,12-13H,5-6H2,1H3. The molecule has 0 radical (unpaired) electrons. The second kappa shape index (κ2) is 6.34. The molecule has 0 saturated carbocycles. The third-order valence-corrected chi connectivity index (χ3v) is 3.67. The molecule has 0 unspecified atom stereocenters. The van der Waals surface area contributed by atoms with Crippen molar-refractivity contribution in [1.82, 2.24) is 4.72 Å². The van der Waals surface area contributed by atoms with E-state index >= 15 is 0 Å². The molecule has 0 amide bonds. The Morgan fingerprint density at radius 1 is 1.50 bits per heavy atom. The predicted octanol–water partition coefficient (Wildman–Crippen LogP) is 0.841. The molecular weight excluding hydrogens is 373 g/mol. The number of hydrogen-bond donors (Lipinski definition) is 2. The van der Waals surface area contributed by atoms with Gasteiger partial charge in [0.1, 0.15) is 11.5 Å². The van der Waals surface area contributed by atoms with E-state index in [0.717, 1.165) is 6.26 Å². The summed E-state index contributed by atoms with van der Waals surface area (Å²) in [6.07, 6.45) is 0.926. The van der Waals surface area contributed by atoms with Gasteiger partial charge in [0.25, 0.3) is 0 Å². The highest BCUT2D eigenvalue weighted by molar-refractivity contribution is 14.1. The Kier molecular flexibility index (Phi) is 5.35. The first-order chi connectivity index (χ1) is 8.29. The van der Waals surface area contributed by atoms with Crippen LogP contribution in [0.25, 0.3) is 0 Å². The van der Waals surface area contributed by atoms with Gasteiger partial charge in [-0.05, 0) is 34.7 Å². The van der Waals surface area contributed by atoms with Crippen molar-refractivity contribution in [2.75, 3.05) is 12.8 Å². The number of phenolic OH excluding ortho intramolecular Hbond substituents is 1. The molecule has 0 aliphatic carbocycles. The van der Waals surface area contributed by atoms with Crippen LogP contribution in [0, 0.1) is 3.57 Å². The summed E-state index contributed by atoms with van der Waals surface area (Å²) >= 11 is 1.85. The van der Waals surface area contributed by atoms with E-state index in [1.54, 1.807) is 12.1 Å². The van der Waals surface area contributed by atoms with Gasteiger partial charge in [-0.25, -0.2) is 13.1 Å². The second-order valence-electron chi connectivity index (χ2n) is 3.48. The van der Waals surface area contributed by atoms with Gasteiger partial charge in [0, 0.05) is 6.54 Å². The average molecular weight is 385 g/mol. The van der Waals surface area contributed by atoms with Crippen molar-refractivity contribution in [3.8, 4) is 11.5 Å². The minimum atomic E-state index is -3.31. The molecule has 0 bridgehead atoms. The third-order valence-electron chi connectivity index (χ3n) is 1.86. The number of phenols is 1. The molecule has 0 spiro atoms. The van der Waals surface area contributed by atoms with Crippen molar-refractivity contribution < 1.29 is 23.1 Å². The normalized spacial score (nSPS) is 11.2. The van der Waals surface area contributed by atoms with Crippen LogP contribution in [0.5, 0.6) is 11.5 Å². The van der Waals surface area contributed by atoms with E-state index < -0.39 is 16.0 Å². The zero-order valence-electron chi connectivity index (χ0n) is 9.51. The third kappa shape index (κ3) is 5.19. The van der Waals surface area contributed by atoms with Crippen LogP contribution in [-0.2, 0) is 14.8 Å². The summed E-state index contributed by atoms with van der Waals surface area (Å²) in [5.74, 6) is -0.301. The van der Waals surface area contributed by atoms with Crippen molar-refractivity contribution >= 4 is 38.6 Å². The monoisotopic (exact) mass is 385 g/mol. The van der Waals surface area contributed by atoms with Crippen molar-refractivity contribution in [2.45, 2.75) is 6.42 Å². The number of halogens is 1. The highest BCUT2D eigenvalue weighted by Crippen LogP contribution is 2.28. The summed E-state index contributed by atoms with van der Waals surface area (Å²) in [5.41, 5.74) is 0. The maximum Gasteiger partial charge on any atom is 0.312 e. The minimum absolute atomic E-state index is 0.0208. The van der Waals surface area contributed by atoms with Crippen molar-refractivity contribution in [2.24, 2.45) is 0 Å². The van der Waals surface area contributed by atoms with Gasteiger partial charge in [-0.1, -0.05) is 6.07 Å². The fraction of sp³-hybridized carbons (Fsp3) is 0.300. The number of carbonyl (C=O) groups is 1. The van der Waals surface area contributed by atoms with E-state index in [0.29, 0.717) is 3.57 Å². The van der Waals surface area contributed by atoms with Gasteiger partial charge in [-0.2, -0.15) is 0 Å². The molecule has 100 valence electrons.